The smallest absolute Gasteiger partial charge is 0.378 e. The molecule has 0 N–H and O–H groups in total. The van der Waals surface area contributed by atoms with E-state index in [0.29, 0.717) is 12.3 Å². The number of rotatable bonds is 5. The molecule has 1 aliphatic heterocycles. The Balaban J connectivity index is 1.98. The molecular weight excluding hydrogens is 372 g/mol. The van der Waals surface area contributed by atoms with Crippen molar-refractivity contribution in [3.63, 3.8) is 0 Å². The summed E-state index contributed by atoms with van der Waals surface area (Å²) in [6, 6.07) is 27.9. The lowest BCUT2D eigenvalue weighted by molar-refractivity contribution is -0.547. The number of hydrogen-bond acceptors (Lipinski definition) is 3. The third-order valence-corrected chi connectivity index (χ3v) is 5.30. The summed E-state index contributed by atoms with van der Waals surface area (Å²) in [5.41, 5.74) is 4.53. The topological polar surface area (TPSA) is 44.9 Å². The van der Waals surface area contributed by atoms with Crippen LogP contribution in [-0.2, 0) is 5.79 Å². The van der Waals surface area contributed by atoms with Gasteiger partial charge in [0.05, 0.1) is 11.9 Å². The molecule has 1 unspecified atom stereocenters. The van der Waals surface area contributed by atoms with Crippen LogP contribution in [-0.4, -0.2) is 42.3 Å². The molecule has 5 heteroatoms. The largest absolute Gasteiger partial charge is 0.620 e. The molecule has 5 nitrogen and oxygen atoms in total. The average molecular weight is 399 g/mol. The fourth-order valence-corrected chi connectivity index (χ4v) is 3.78. The van der Waals surface area contributed by atoms with Crippen LogP contribution in [0.15, 0.2) is 89.9 Å². The molecule has 152 valence electrons. The van der Waals surface area contributed by atoms with Gasteiger partial charge in [0.2, 0.25) is 5.71 Å². The van der Waals surface area contributed by atoms with Crippen LogP contribution in [0.5, 0.6) is 0 Å². The lowest BCUT2D eigenvalue weighted by Crippen LogP contribution is -2.47. The number of nitrogens with zero attached hydrogens (tertiary/aromatic N) is 4. The third-order valence-electron chi connectivity index (χ3n) is 5.30. The second-order valence-electron chi connectivity index (χ2n) is 7.74. The Morgan fingerprint density at radius 2 is 1.53 bits per heavy atom. The van der Waals surface area contributed by atoms with E-state index in [1.54, 1.807) is 6.34 Å². The van der Waals surface area contributed by atoms with Crippen molar-refractivity contribution in [1.29, 1.82) is 0 Å². The van der Waals surface area contributed by atoms with Crippen LogP contribution in [0.4, 0.5) is 5.69 Å². The van der Waals surface area contributed by atoms with E-state index in [1.165, 1.54) is 0 Å². The van der Waals surface area contributed by atoms with Gasteiger partial charge < -0.3 is 10.1 Å². The standard InChI is InChI=1S/C25H26N4O/c1-20-14-16-21(17-15-20)24-18-28(23-12-8-5-9-13-23)25(29(24)30,26-19-27(2)3)22-10-6-4-7-11-22/h4-17,19H,18H2,1-3H3/b26-19+. The van der Waals surface area contributed by atoms with E-state index in [0.717, 1.165) is 27.1 Å². The Kier molecular flexibility index (Phi) is 5.27. The van der Waals surface area contributed by atoms with E-state index < -0.39 is 5.79 Å². The first kappa shape index (κ1) is 19.7. The SMILES string of the molecule is Cc1ccc(C2=[N+]([O-])C(/N=C/N(C)C)(c3ccccc3)N(c3ccccc3)C2)cc1. The predicted molar refractivity (Wildman–Crippen MR) is 123 cm³/mol. The molecule has 0 aliphatic carbocycles. The van der Waals surface area contributed by atoms with Gasteiger partial charge in [0.15, 0.2) is 0 Å². The van der Waals surface area contributed by atoms with Gasteiger partial charge in [-0.15, -0.1) is 0 Å². The highest BCUT2D eigenvalue weighted by Crippen LogP contribution is 2.39. The van der Waals surface area contributed by atoms with Crippen molar-refractivity contribution in [2.24, 2.45) is 4.99 Å². The summed E-state index contributed by atoms with van der Waals surface area (Å²) in [7, 11) is 3.81. The number of para-hydroxylation sites is 1. The highest BCUT2D eigenvalue weighted by molar-refractivity contribution is 6.01. The number of anilines is 1. The van der Waals surface area contributed by atoms with Crippen molar-refractivity contribution >= 4 is 17.7 Å². The van der Waals surface area contributed by atoms with Crippen LogP contribution < -0.4 is 4.90 Å². The van der Waals surface area contributed by atoms with Gasteiger partial charge in [0, 0.05) is 25.3 Å². The molecule has 30 heavy (non-hydrogen) atoms. The van der Waals surface area contributed by atoms with Gasteiger partial charge in [-0.3, -0.25) is 4.90 Å². The zero-order valence-electron chi connectivity index (χ0n) is 17.6. The Hall–Kier alpha value is -3.60. The van der Waals surface area contributed by atoms with Crippen LogP contribution >= 0.6 is 0 Å². The van der Waals surface area contributed by atoms with Crippen LogP contribution in [0.2, 0.25) is 0 Å². The fourth-order valence-electron chi connectivity index (χ4n) is 3.78. The van der Waals surface area contributed by atoms with Crippen molar-refractivity contribution in [1.82, 2.24) is 4.90 Å². The van der Waals surface area contributed by atoms with Crippen LogP contribution in [0.25, 0.3) is 0 Å². The Morgan fingerprint density at radius 3 is 2.13 bits per heavy atom. The van der Waals surface area contributed by atoms with E-state index in [1.807, 2.05) is 111 Å². The molecule has 0 amide bonds. The molecule has 0 aromatic heterocycles. The molecule has 0 saturated heterocycles. The normalized spacial score (nSPS) is 19.0. The summed E-state index contributed by atoms with van der Waals surface area (Å²) >= 11 is 0. The van der Waals surface area contributed by atoms with Crippen molar-refractivity contribution in [2.75, 3.05) is 25.5 Å². The summed E-state index contributed by atoms with van der Waals surface area (Å²) in [6.45, 7) is 2.50. The van der Waals surface area contributed by atoms with Crippen molar-refractivity contribution in [3.05, 3.63) is 107 Å². The average Bonchev–Trinajstić information content (AvgIpc) is 3.07. The quantitative estimate of drug-likeness (QED) is 0.280. The van der Waals surface area contributed by atoms with Gasteiger partial charge in [-0.2, -0.15) is 9.73 Å². The van der Waals surface area contributed by atoms with Crippen LogP contribution in [0, 0.1) is 12.1 Å². The van der Waals surface area contributed by atoms with Gasteiger partial charge in [0.25, 0.3) is 0 Å². The second-order valence-corrected chi connectivity index (χ2v) is 7.74. The van der Waals surface area contributed by atoms with Gasteiger partial charge in [-0.1, -0.05) is 54.1 Å². The maximum Gasteiger partial charge on any atom is 0.378 e. The molecule has 0 saturated carbocycles. The van der Waals surface area contributed by atoms with Crippen LogP contribution in [0.3, 0.4) is 0 Å². The Morgan fingerprint density at radius 1 is 0.933 bits per heavy atom. The molecule has 3 aromatic carbocycles. The second kappa shape index (κ2) is 8.03. The number of aryl methyl sites for hydroxylation is 1. The van der Waals surface area contributed by atoms with E-state index in [-0.39, 0.29) is 0 Å². The summed E-state index contributed by atoms with van der Waals surface area (Å²) in [4.78, 5) is 8.80. The molecule has 0 spiro atoms. The van der Waals surface area contributed by atoms with E-state index in [4.69, 9.17) is 4.99 Å². The molecule has 0 radical (unpaired) electrons. The predicted octanol–water partition coefficient (Wildman–Crippen LogP) is 4.22. The molecule has 1 heterocycles. The minimum atomic E-state index is -1.23. The van der Waals surface area contributed by atoms with Crippen LogP contribution in [0.1, 0.15) is 16.7 Å². The zero-order valence-corrected chi connectivity index (χ0v) is 17.6. The maximum atomic E-state index is 14.0. The Labute approximate surface area is 177 Å². The van der Waals surface area contributed by atoms with Crippen molar-refractivity contribution in [3.8, 4) is 0 Å². The van der Waals surface area contributed by atoms with Gasteiger partial charge in [0.1, 0.15) is 6.54 Å². The molecule has 0 fully saturated rings. The summed E-state index contributed by atoms with van der Waals surface area (Å²) in [6.07, 6.45) is 1.71. The summed E-state index contributed by atoms with van der Waals surface area (Å²) < 4.78 is 1.07. The van der Waals surface area contributed by atoms with Gasteiger partial charge in [-0.05, 0) is 43.3 Å². The first-order valence-electron chi connectivity index (χ1n) is 10.0. The lowest BCUT2D eigenvalue weighted by atomic mass is 10.1. The number of hydroxylamine groups is 1. The molecule has 1 atom stereocenters. The van der Waals surface area contributed by atoms with E-state index in [2.05, 4.69) is 4.90 Å². The molecule has 4 rings (SSSR count). The lowest BCUT2D eigenvalue weighted by Gasteiger charge is -2.33. The molecule has 3 aromatic rings. The monoisotopic (exact) mass is 398 g/mol. The Bertz CT molecular complexity index is 1060. The first-order valence-corrected chi connectivity index (χ1v) is 10.0. The zero-order chi connectivity index (χ0) is 21.1. The molecular formula is C25H26N4O. The van der Waals surface area contributed by atoms with E-state index in [9.17, 15) is 5.21 Å². The maximum absolute atomic E-state index is 14.0. The number of aliphatic imine (C=N–C) groups is 1. The van der Waals surface area contributed by atoms with E-state index >= 15 is 0 Å². The first-order chi connectivity index (χ1) is 14.5. The van der Waals surface area contributed by atoms with Crippen molar-refractivity contribution in [2.45, 2.75) is 12.7 Å². The van der Waals surface area contributed by atoms with Gasteiger partial charge in [-0.25, -0.2) is 0 Å². The number of hydrogen-bond donors (Lipinski definition) is 0. The number of benzene rings is 3. The minimum Gasteiger partial charge on any atom is -0.620 e. The summed E-state index contributed by atoms with van der Waals surface area (Å²) in [5.74, 6) is -1.23. The highest BCUT2D eigenvalue weighted by Gasteiger charge is 2.54. The van der Waals surface area contributed by atoms with Gasteiger partial charge >= 0.3 is 5.79 Å². The third kappa shape index (κ3) is 3.43. The fraction of sp³-hybridized carbons (Fsp3) is 0.200. The molecule has 0 bridgehead atoms. The minimum absolute atomic E-state index is 0.455. The highest BCUT2D eigenvalue weighted by atomic mass is 16.5. The van der Waals surface area contributed by atoms with Crippen molar-refractivity contribution < 1.29 is 4.74 Å². The summed E-state index contributed by atoms with van der Waals surface area (Å²) in [5, 5.41) is 14.0. The molecule has 1 aliphatic rings.